The molecule has 1 heterocycles. The Morgan fingerprint density at radius 2 is 2.19 bits per heavy atom. The number of halogens is 2. The first kappa shape index (κ1) is 12.2. The van der Waals surface area contributed by atoms with Crippen LogP contribution in [0.5, 0.6) is 0 Å². The first-order valence-corrected chi connectivity index (χ1v) is 6.84. The molecule has 0 saturated carbocycles. The van der Waals surface area contributed by atoms with E-state index in [-0.39, 0.29) is 0 Å². The maximum atomic E-state index is 10.7. The van der Waals surface area contributed by atoms with E-state index in [1.54, 1.807) is 12.1 Å². The third-order valence-corrected chi connectivity index (χ3v) is 3.79. The molecule has 0 fully saturated rings. The van der Waals surface area contributed by atoms with Crippen LogP contribution in [0.2, 0.25) is 5.02 Å². The molecule has 5 nitrogen and oxygen atoms in total. The minimum Gasteiger partial charge on any atom is -0.303 e. The van der Waals surface area contributed by atoms with Crippen molar-refractivity contribution in [2.24, 2.45) is 4.99 Å². The molecule has 0 saturated heterocycles. The van der Waals surface area contributed by atoms with Crippen LogP contribution in [0.3, 0.4) is 0 Å². The molecule has 1 aliphatic rings. The normalized spacial score (nSPS) is 18.9. The number of hydrogen-bond acceptors (Lipinski definition) is 3. The molecule has 16 heavy (non-hydrogen) atoms. The highest BCUT2D eigenvalue weighted by molar-refractivity contribution is 9.10. The Hall–Kier alpha value is -0.230. The van der Waals surface area contributed by atoms with Gasteiger partial charge in [0.25, 0.3) is 0 Å². The largest absolute Gasteiger partial charge is 0.470 e. The summed E-state index contributed by atoms with van der Waals surface area (Å²) in [6.45, 7) is 0. The molecule has 2 rings (SSSR count). The number of fused-ring (bicyclic) bond motifs is 1. The molecule has 1 aliphatic heterocycles. The molecule has 0 aromatic heterocycles. The topological polar surface area (TPSA) is 79.1 Å². The van der Waals surface area contributed by atoms with Crippen LogP contribution in [0, 0.1) is 0 Å². The smallest absolute Gasteiger partial charge is 0.303 e. The highest BCUT2D eigenvalue weighted by Crippen LogP contribution is 2.48. The molecule has 2 N–H and O–H groups in total. The van der Waals surface area contributed by atoms with Crippen molar-refractivity contribution in [2.45, 2.75) is 6.10 Å². The summed E-state index contributed by atoms with van der Waals surface area (Å²) in [6, 6.07) is 3.39. The summed E-state index contributed by atoms with van der Waals surface area (Å²) in [5.74, 6) is 0. The lowest BCUT2D eigenvalue weighted by Crippen LogP contribution is -2.01. The van der Waals surface area contributed by atoms with Crippen LogP contribution in [-0.2, 0) is 9.09 Å². The third kappa shape index (κ3) is 2.37. The molecule has 0 spiro atoms. The molecule has 0 amide bonds. The Morgan fingerprint density at radius 1 is 1.50 bits per heavy atom. The minimum absolute atomic E-state index is 0.341. The molecule has 0 aliphatic carbocycles. The van der Waals surface area contributed by atoms with Gasteiger partial charge in [-0.2, -0.15) is 0 Å². The summed E-state index contributed by atoms with van der Waals surface area (Å²) in [4.78, 5) is 21.4. The van der Waals surface area contributed by atoms with Crippen LogP contribution < -0.4 is 0 Å². The molecule has 1 unspecified atom stereocenters. The number of benzene rings is 1. The van der Waals surface area contributed by atoms with E-state index < -0.39 is 13.9 Å². The second-order valence-corrected chi connectivity index (χ2v) is 5.51. The van der Waals surface area contributed by atoms with Crippen molar-refractivity contribution >= 4 is 47.3 Å². The predicted octanol–water partition coefficient (Wildman–Crippen LogP) is 2.97. The Labute approximate surface area is 104 Å². The van der Waals surface area contributed by atoms with E-state index in [2.05, 4.69) is 25.4 Å². The van der Waals surface area contributed by atoms with Crippen LogP contribution in [-0.4, -0.2) is 16.0 Å². The lowest BCUT2D eigenvalue weighted by atomic mass is 10.1. The molecule has 0 radical (unpaired) electrons. The van der Waals surface area contributed by atoms with Crippen molar-refractivity contribution in [3.63, 3.8) is 0 Å². The Kier molecular flexibility index (Phi) is 3.22. The minimum atomic E-state index is -4.57. The Bertz CT molecular complexity index is 515. The molecular formula is C8H6BrClNO4P. The van der Waals surface area contributed by atoms with Gasteiger partial charge in [-0.25, -0.2) is 4.57 Å². The molecule has 1 aromatic carbocycles. The van der Waals surface area contributed by atoms with E-state index in [1.807, 2.05) is 0 Å². The van der Waals surface area contributed by atoms with Crippen LogP contribution in [0.4, 0.5) is 5.69 Å². The summed E-state index contributed by atoms with van der Waals surface area (Å²) in [6.07, 6.45) is 0.392. The summed E-state index contributed by atoms with van der Waals surface area (Å²) in [5, 5.41) is 0.341. The second-order valence-electron chi connectivity index (χ2n) is 3.09. The molecule has 1 aromatic rings. The van der Waals surface area contributed by atoms with Gasteiger partial charge in [-0.05, 0) is 28.1 Å². The van der Waals surface area contributed by atoms with Gasteiger partial charge >= 0.3 is 7.82 Å². The van der Waals surface area contributed by atoms with E-state index in [9.17, 15) is 4.57 Å². The van der Waals surface area contributed by atoms with Gasteiger partial charge in [0, 0.05) is 16.3 Å². The van der Waals surface area contributed by atoms with E-state index in [0.29, 0.717) is 20.7 Å². The van der Waals surface area contributed by atoms with Gasteiger partial charge in [0.1, 0.15) is 6.10 Å². The highest BCUT2D eigenvalue weighted by Gasteiger charge is 2.30. The molecule has 86 valence electrons. The third-order valence-electron chi connectivity index (χ3n) is 1.99. The van der Waals surface area contributed by atoms with E-state index in [0.717, 1.165) is 0 Å². The van der Waals surface area contributed by atoms with Crippen LogP contribution in [0.15, 0.2) is 21.6 Å². The fourth-order valence-corrected chi connectivity index (χ4v) is 2.46. The van der Waals surface area contributed by atoms with Crippen molar-refractivity contribution < 1.29 is 18.9 Å². The number of phosphoric acid groups is 1. The van der Waals surface area contributed by atoms with Crippen molar-refractivity contribution in [2.75, 3.05) is 0 Å². The summed E-state index contributed by atoms with van der Waals surface area (Å²) < 4.78 is 15.9. The van der Waals surface area contributed by atoms with Crippen molar-refractivity contribution in [3.05, 3.63) is 27.2 Å². The average molecular weight is 326 g/mol. The first-order valence-electron chi connectivity index (χ1n) is 4.14. The van der Waals surface area contributed by atoms with Gasteiger partial charge < -0.3 is 9.79 Å². The average Bonchev–Trinajstić information content (AvgIpc) is 2.53. The lowest BCUT2D eigenvalue weighted by molar-refractivity contribution is 0.176. The van der Waals surface area contributed by atoms with Gasteiger partial charge in [-0.3, -0.25) is 9.52 Å². The SMILES string of the molecule is O=P(O)(O)OC1C=Nc2ccc(Br)c(Cl)c21. The predicted molar refractivity (Wildman–Crippen MR) is 63.2 cm³/mol. The molecule has 8 heteroatoms. The second kappa shape index (κ2) is 4.22. The van der Waals surface area contributed by atoms with E-state index >= 15 is 0 Å². The van der Waals surface area contributed by atoms with Gasteiger partial charge in [0.2, 0.25) is 0 Å². The number of aliphatic imine (C=N–C) groups is 1. The van der Waals surface area contributed by atoms with E-state index in [4.69, 9.17) is 21.4 Å². The molecule has 1 atom stereocenters. The monoisotopic (exact) mass is 325 g/mol. The zero-order valence-corrected chi connectivity index (χ0v) is 10.9. The number of hydrogen-bond donors (Lipinski definition) is 2. The standard InChI is InChI=1S/C8H6BrClNO4P/c9-4-1-2-5-7(8(4)10)6(3-11-5)15-16(12,13)14/h1-3,6H,(H2,12,13,14). The highest BCUT2D eigenvalue weighted by atomic mass is 79.9. The summed E-state index contributed by atoms with van der Waals surface area (Å²) >= 11 is 9.22. The quantitative estimate of drug-likeness (QED) is 0.819. The first-order chi connectivity index (χ1) is 7.38. The Balaban J connectivity index is 2.42. The fraction of sp³-hybridized carbons (Fsp3) is 0.125. The van der Waals surface area contributed by atoms with Crippen LogP contribution in [0.1, 0.15) is 11.7 Å². The van der Waals surface area contributed by atoms with Crippen molar-refractivity contribution in [1.29, 1.82) is 0 Å². The van der Waals surface area contributed by atoms with Gasteiger partial charge in [-0.15, -0.1) is 0 Å². The maximum Gasteiger partial charge on any atom is 0.470 e. The van der Waals surface area contributed by atoms with Gasteiger partial charge in [0.05, 0.1) is 10.7 Å². The summed E-state index contributed by atoms with van der Waals surface area (Å²) in [7, 11) is -4.57. The van der Waals surface area contributed by atoms with Crippen LogP contribution >= 0.6 is 35.4 Å². The van der Waals surface area contributed by atoms with Gasteiger partial charge in [0.15, 0.2) is 0 Å². The zero-order chi connectivity index (χ0) is 11.9. The summed E-state index contributed by atoms with van der Waals surface area (Å²) in [5.41, 5.74) is 1.01. The zero-order valence-electron chi connectivity index (χ0n) is 7.67. The van der Waals surface area contributed by atoms with Crippen molar-refractivity contribution in [3.8, 4) is 0 Å². The van der Waals surface area contributed by atoms with Crippen LogP contribution in [0.25, 0.3) is 0 Å². The fourth-order valence-electron chi connectivity index (χ4n) is 1.39. The van der Waals surface area contributed by atoms with E-state index in [1.165, 1.54) is 6.21 Å². The molecule has 0 bridgehead atoms. The maximum absolute atomic E-state index is 10.7. The lowest BCUT2D eigenvalue weighted by Gasteiger charge is -2.13. The van der Waals surface area contributed by atoms with Crippen molar-refractivity contribution in [1.82, 2.24) is 0 Å². The molecular weight excluding hydrogens is 320 g/mol. The Morgan fingerprint density at radius 3 is 2.81 bits per heavy atom. The number of nitrogens with zero attached hydrogens (tertiary/aromatic N) is 1. The number of phosphoric ester groups is 1. The van der Waals surface area contributed by atoms with Gasteiger partial charge in [-0.1, -0.05) is 11.6 Å². The number of rotatable bonds is 2.